The van der Waals surface area contributed by atoms with E-state index in [4.69, 9.17) is 4.74 Å². The zero-order chi connectivity index (χ0) is 27.4. The molecule has 3 aromatic rings. The minimum absolute atomic E-state index is 0.00251. The zero-order valence-electron chi connectivity index (χ0n) is 18.5. The van der Waals surface area contributed by atoms with Gasteiger partial charge in [0.05, 0.1) is 12.1 Å². The zero-order valence-corrected chi connectivity index (χ0v) is 18.5. The van der Waals surface area contributed by atoms with E-state index in [9.17, 15) is 44.6 Å². The van der Waals surface area contributed by atoms with Crippen molar-refractivity contribution < 1.29 is 54.1 Å². The van der Waals surface area contributed by atoms with Crippen molar-refractivity contribution >= 4 is 5.69 Å². The first kappa shape index (κ1) is 28.0. The first-order chi connectivity index (χ1) is 17.2. The van der Waals surface area contributed by atoms with Crippen molar-refractivity contribution in [1.82, 2.24) is 0 Å². The molecule has 0 aliphatic rings. The van der Waals surface area contributed by atoms with Crippen LogP contribution in [0.1, 0.15) is 11.1 Å². The largest absolute Gasteiger partial charge is 0.457 e. The van der Waals surface area contributed by atoms with Crippen LogP contribution in [0.15, 0.2) is 66.7 Å². The molecule has 0 heterocycles. The number of halogens is 9. The van der Waals surface area contributed by atoms with Gasteiger partial charge in [-0.1, -0.05) is 12.1 Å². The van der Waals surface area contributed by atoms with Crippen LogP contribution in [-0.4, -0.2) is 30.5 Å². The molecule has 0 saturated carbocycles. The Kier molecular flexibility index (Phi) is 8.46. The summed E-state index contributed by atoms with van der Waals surface area (Å²) in [5, 5.41) is 9.61. The normalized spacial score (nSPS) is 12.9. The number of alkyl halides is 8. The Bertz CT molecular complexity index is 1200. The SMILES string of the molecule is OC(CN(Cc1cc(C(F)(F)F)ccc1F)c1cccc(Oc2cccc(OC(F)F)c2)c1)C(F)(F)F. The van der Waals surface area contributed by atoms with E-state index in [0.717, 1.165) is 11.0 Å². The second-order valence-electron chi connectivity index (χ2n) is 7.69. The van der Waals surface area contributed by atoms with Gasteiger partial charge in [-0.3, -0.25) is 0 Å². The molecule has 200 valence electrons. The molecule has 0 aliphatic carbocycles. The van der Waals surface area contributed by atoms with Crippen molar-refractivity contribution in [2.45, 2.75) is 31.6 Å². The fourth-order valence-electron chi connectivity index (χ4n) is 3.25. The van der Waals surface area contributed by atoms with Gasteiger partial charge in [0.15, 0.2) is 6.10 Å². The van der Waals surface area contributed by atoms with Gasteiger partial charge in [0, 0.05) is 29.9 Å². The van der Waals surface area contributed by atoms with Crippen molar-refractivity contribution in [3.63, 3.8) is 0 Å². The summed E-state index contributed by atoms with van der Waals surface area (Å²) in [6.07, 6.45) is -12.8. The number of ether oxygens (including phenoxy) is 2. The average Bonchev–Trinajstić information content (AvgIpc) is 2.78. The lowest BCUT2D eigenvalue weighted by atomic mass is 10.1. The summed E-state index contributed by atoms with van der Waals surface area (Å²) in [5.41, 5.74) is -1.83. The van der Waals surface area contributed by atoms with Crippen LogP contribution in [0.4, 0.5) is 45.2 Å². The van der Waals surface area contributed by atoms with Crippen LogP contribution in [-0.2, 0) is 12.7 Å². The fraction of sp³-hybridized carbons (Fsp3) is 0.250. The number of anilines is 1. The Morgan fingerprint density at radius 1 is 0.811 bits per heavy atom. The summed E-state index contributed by atoms with van der Waals surface area (Å²) in [4.78, 5) is 0.833. The van der Waals surface area contributed by atoms with Crippen molar-refractivity contribution in [3.05, 3.63) is 83.7 Å². The molecule has 13 heteroatoms. The van der Waals surface area contributed by atoms with Crippen LogP contribution in [0.3, 0.4) is 0 Å². The lowest BCUT2D eigenvalue weighted by molar-refractivity contribution is -0.200. The predicted octanol–water partition coefficient (Wildman–Crippen LogP) is 7.17. The molecular weight excluding hydrogens is 521 g/mol. The Morgan fingerprint density at radius 3 is 2.05 bits per heavy atom. The van der Waals surface area contributed by atoms with Gasteiger partial charge in [-0.15, -0.1) is 0 Å². The summed E-state index contributed by atoms with van der Waals surface area (Å²) in [5.74, 6) is -1.29. The van der Waals surface area contributed by atoms with Crippen LogP contribution < -0.4 is 14.4 Å². The molecule has 0 aromatic heterocycles. The van der Waals surface area contributed by atoms with E-state index in [2.05, 4.69) is 4.74 Å². The summed E-state index contributed by atoms with van der Waals surface area (Å²) in [7, 11) is 0. The first-order valence-electron chi connectivity index (χ1n) is 10.4. The fourth-order valence-corrected chi connectivity index (χ4v) is 3.25. The van der Waals surface area contributed by atoms with E-state index in [1.807, 2.05) is 0 Å². The van der Waals surface area contributed by atoms with Gasteiger partial charge in [0.2, 0.25) is 0 Å². The van der Waals surface area contributed by atoms with Gasteiger partial charge in [-0.25, -0.2) is 4.39 Å². The Balaban J connectivity index is 1.93. The van der Waals surface area contributed by atoms with E-state index in [-0.39, 0.29) is 22.9 Å². The second kappa shape index (κ2) is 11.2. The summed E-state index contributed by atoms with van der Waals surface area (Å²) in [6.45, 7) is -4.99. The first-order valence-corrected chi connectivity index (χ1v) is 10.4. The van der Waals surface area contributed by atoms with Crippen molar-refractivity contribution in [2.24, 2.45) is 0 Å². The molecule has 1 N–H and O–H groups in total. The molecule has 0 saturated heterocycles. The van der Waals surface area contributed by atoms with E-state index in [1.165, 1.54) is 42.5 Å². The molecule has 0 bridgehead atoms. The van der Waals surface area contributed by atoms with Crippen LogP contribution in [0.5, 0.6) is 17.2 Å². The lowest BCUT2D eigenvalue weighted by Gasteiger charge is -2.29. The summed E-state index contributed by atoms with van der Waals surface area (Å²) < 4.78 is 128. The highest BCUT2D eigenvalue weighted by atomic mass is 19.4. The maximum absolute atomic E-state index is 14.3. The van der Waals surface area contributed by atoms with Crippen molar-refractivity contribution in [2.75, 3.05) is 11.4 Å². The highest BCUT2D eigenvalue weighted by Crippen LogP contribution is 2.33. The molecular formula is C24H18F9NO3. The van der Waals surface area contributed by atoms with Gasteiger partial charge in [0.25, 0.3) is 0 Å². The molecule has 37 heavy (non-hydrogen) atoms. The van der Waals surface area contributed by atoms with Crippen LogP contribution in [0.2, 0.25) is 0 Å². The number of hydrogen-bond acceptors (Lipinski definition) is 4. The Morgan fingerprint density at radius 2 is 1.43 bits per heavy atom. The monoisotopic (exact) mass is 539 g/mol. The third kappa shape index (κ3) is 7.94. The molecule has 3 aromatic carbocycles. The Hall–Kier alpha value is -3.61. The van der Waals surface area contributed by atoms with Gasteiger partial charge in [-0.2, -0.15) is 35.1 Å². The molecule has 3 rings (SSSR count). The molecule has 4 nitrogen and oxygen atoms in total. The number of aliphatic hydroxyl groups excluding tert-OH is 1. The molecule has 0 spiro atoms. The number of nitrogens with zero attached hydrogens (tertiary/aromatic N) is 1. The standard InChI is InChI=1S/C24H18F9NO3/c25-20-8-7-15(23(28,29)30)9-14(20)12-34(13-21(35)24(31,32)33)16-3-1-4-17(10-16)36-18-5-2-6-19(11-18)37-22(26)27/h1-11,21-22,35H,12-13H2. The van der Waals surface area contributed by atoms with Crippen LogP contribution >= 0.6 is 0 Å². The minimum Gasteiger partial charge on any atom is -0.457 e. The average molecular weight is 539 g/mol. The molecule has 0 aliphatic heterocycles. The quantitative estimate of drug-likeness (QED) is 0.293. The van der Waals surface area contributed by atoms with Crippen molar-refractivity contribution in [3.8, 4) is 17.2 Å². The van der Waals surface area contributed by atoms with Crippen molar-refractivity contribution in [1.29, 1.82) is 0 Å². The maximum Gasteiger partial charge on any atom is 0.416 e. The summed E-state index contributed by atoms with van der Waals surface area (Å²) in [6, 6.07) is 11.8. The highest BCUT2D eigenvalue weighted by Gasteiger charge is 2.39. The number of hydrogen-bond donors (Lipinski definition) is 1. The predicted molar refractivity (Wildman–Crippen MR) is 114 cm³/mol. The highest BCUT2D eigenvalue weighted by molar-refractivity contribution is 5.52. The maximum atomic E-state index is 14.3. The van der Waals surface area contributed by atoms with Gasteiger partial charge < -0.3 is 19.5 Å². The summed E-state index contributed by atoms with van der Waals surface area (Å²) >= 11 is 0. The van der Waals surface area contributed by atoms with E-state index < -0.39 is 55.1 Å². The van der Waals surface area contributed by atoms with Gasteiger partial charge in [-0.05, 0) is 42.5 Å². The van der Waals surface area contributed by atoms with E-state index in [1.54, 1.807) is 0 Å². The number of rotatable bonds is 9. The Labute approximate surface area is 204 Å². The topological polar surface area (TPSA) is 41.9 Å². The number of benzene rings is 3. The third-order valence-corrected chi connectivity index (χ3v) is 4.95. The third-order valence-electron chi connectivity index (χ3n) is 4.95. The second-order valence-corrected chi connectivity index (χ2v) is 7.69. The van der Waals surface area contributed by atoms with Crippen LogP contribution in [0.25, 0.3) is 0 Å². The molecule has 1 atom stereocenters. The molecule has 0 radical (unpaired) electrons. The van der Waals surface area contributed by atoms with E-state index >= 15 is 0 Å². The van der Waals surface area contributed by atoms with E-state index in [0.29, 0.717) is 18.2 Å². The molecule has 0 amide bonds. The van der Waals surface area contributed by atoms with Gasteiger partial charge in [0.1, 0.15) is 23.1 Å². The smallest absolute Gasteiger partial charge is 0.416 e. The van der Waals surface area contributed by atoms with Gasteiger partial charge >= 0.3 is 19.0 Å². The molecule has 1 unspecified atom stereocenters. The van der Waals surface area contributed by atoms with Crippen LogP contribution in [0, 0.1) is 5.82 Å². The molecule has 0 fully saturated rings. The lowest BCUT2D eigenvalue weighted by Crippen LogP contribution is -2.41. The number of aliphatic hydroxyl groups is 1. The minimum atomic E-state index is -5.07.